The number of phenolic OH excluding ortho intramolecular Hbond substituents is 2. The Morgan fingerprint density at radius 2 is 2.04 bits per heavy atom. The average molecular weight is 328 g/mol. The van der Waals surface area contributed by atoms with Crippen LogP contribution in [0.25, 0.3) is 0 Å². The molecule has 1 aromatic carbocycles. The van der Waals surface area contributed by atoms with Gasteiger partial charge in [0.15, 0.2) is 5.78 Å². The van der Waals surface area contributed by atoms with E-state index in [9.17, 15) is 15.0 Å². The molecule has 3 heteroatoms. The van der Waals surface area contributed by atoms with Crippen molar-refractivity contribution < 1.29 is 15.0 Å². The molecule has 1 aliphatic rings. The van der Waals surface area contributed by atoms with Gasteiger partial charge in [-0.25, -0.2) is 0 Å². The second-order valence-electron chi connectivity index (χ2n) is 7.68. The first-order valence-corrected chi connectivity index (χ1v) is 8.56. The standard InChI is InChI=1S/C21H28O3/c1-14(5-7-16-12-17(22)8-10-20(16)24)6-9-19-15(2)11-18(23)13-21(19,3)4/h5,8,10-12,19,22,24H,6-7,9,13H2,1-4H3/b14-5+. The third-order valence-corrected chi connectivity index (χ3v) is 5.07. The molecule has 0 aromatic heterocycles. The molecule has 2 N–H and O–H groups in total. The fourth-order valence-electron chi connectivity index (χ4n) is 3.71. The molecule has 1 unspecified atom stereocenters. The summed E-state index contributed by atoms with van der Waals surface area (Å²) in [4.78, 5) is 11.8. The van der Waals surface area contributed by atoms with Crippen LogP contribution in [0.2, 0.25) is 0 Å². The summed E-state index contributed by atoms with van der Waals surface area (Å²) >= 11 is 0. The number of ketones is 1. The van der Waals surface area contributed by atoms with Crippen molar-refractivity contribution >= 4 is 5.78 Å². The number of carbonyl (C=O) groups excluding carboxylic acids is 1. The van der Waals surface area contributed by atoms with Gasteiger partial charge in [0, 0.05) is 12.0 Å². The second-order valence-corrected chi connectivity index (χ2v) is 7.68. The monoisotopic (exact) mass is 328 g/mol. The van der Waals surface area contributed by atoms with Crippen LogP contribution in [0.3, 0.4) is 0 Å². The first-order chi connectivity index (χ1) is 11.2. The lowest BCUT2D eigenvalue weighted by Gasteiger charge is -2.38. The minimum absolute atomic E-state index is 0.0136. The van der Waals surface area contributed by atoms with Crippen molar-refractivity contribution in [1.29, 1.82) is 0 Å². The van der Waals surface area contributed by atoms with Gasteiger partial charge in [0.1, 0.15) is 11.5 Å². The summed E-state index contributed by atoms with van der Waals surface area (Å²) in [5.41, 5.74) is 3.20. The minimum Gasteiger partial charge on any atom is -0.508 e. The molecule has 0 bridgehead atoms. The average Bonchev–Trinajstić information content (AvgIpc) is 2.46. The van der Waals surface area contributed by atoms with Gasteiger partial charge in [-0.05, 0) is 68.7 Å². The highest BCUT2D eigenvalue weighted by atomic mass is 16.3. The van der Waals surface area contributed by atoms with Crippen molar-refractivity contribution in [3.05, 3.63) is 47.1 Å². The summed E-state index contributed by atoms with van der Waals surface area (Å²) in [5.74, 6) is 1.04. The third kappa shape index (κ3) is 4.50. The molecule has 0 fully saturated rings. The van der Waals surface area contributed by atoms with E-state index < -0.39 is 0 Å². The van der Waals surface area contributed by atoms with Crippen LogP contribution in [0.15, 0.2) is 41.5 Å². The van der Waals surface area contributed by atoms with E-state index in [0.717, 1.165) is 18.4 Å². The summed E-state index contributed by atoms with van der Waals surface area (Å²) in [6.45, 7) is 8.51. The van der Waals surface area contributed by atoms with E-state index in [1.54, 1.807) is 12.1 Å². The Balaban J connectivity index is 1.99. The van der Waals surface area contributed by atoms with Crippen molar-refractivity contribution in [3.63, 3.8) is 0 Å². The van der Waals surface area contributed by atoms with Crippen molar-refractivity contribution in [2.24, 2.45) is 11.3 Å². The van der Waals surface area contributed by atoms with E-state index in [0.29, 0.717) is 18.8 Å². The molecule has 0 amide bonds. The van der Waals surface area contributed by atoms with Crippen LogP contribution in [0.4, 0.5) is 0 Å². The van der Waals surface area contributed by atoms with Crippen LogP contribution < -0.4 is 0 Å². The molecule has 3 nitrogen and oxygen atoms in total. The van der Waals surface area contributed by atoms with Gasteiger partial charge in [0.25, 0.3) is 0 Å². The lowest BCUT2D eigenvalue weighted by atomic mass is 9.66. The molecule has 2 rings (SSSR count). The molecule has 1 aromatic rings. The molecular formula is C21H28O3. The van der Waals surface area contributed by atoms with Gasteiger partial charge in [-0.3, -0.25) is 4.79 Å². The predicted molar refractivity (Wildman–Crippen MR) is 97.1 cm³/mol. The van der Waals surface area contributed by atoms with Crippen LogP contribution in [0, 0.1) is 11.3 Å². The SMILES string of the molecule is CC1=CC(=O)CC(C)(C)C1CC/C(C)=C/Cc1cc(O)ccc1O. The summed E-state index contributed by atoms with van der Waals surface area (Å²) in [7, 11) is 0. The van der Waals surface area contributed by atoms with Gasteiger partial charge >= 0.3 is 0 Å². The zero-order valence-electron chi connectivity index (χ0n) is 15.1. The quantitative estimate of drug-likeness (QED) is 0.595. The van der Waals surface area contributed by atoms with Gasteiger partial charge in [-0.2, -0.15) is 0 Å². The Morgan fingerprint density at radius 3 is 2.71 bits per heavy atom. The maximum Gasteiger partial charge on any atom is 0.156 e. The van der Waals surface area contributed by atoms with Crippen molar-refractivity contribution in [1.82, 2.24) is 0 Å². The first kappa shape index (κ1) is 18.3. The number of aromatic hydroxyl groups is 2. The molecule has 0 spiro atoms. The Labute approximate surface area is 144 Å². The van der Waals surface area contributed by atoms with Crippen LogP contribution >= 0.6 is 0 Å². The molecule has 130 valence electrons. The predicted octanol–water partition coefficient (Wildman–Crippen LogP) is 4.93. The second kappa shape index (κ2) is 7.25. The number of hydrogen-bond donors (Lipinski definition) is 2. The Morgan fingerprint density at radius 1 is 1.33 bits per heavy atom. The normalized spacial score (nSPS) is 20.8. The van der Waals surface area contributed by atoms with Gasteiger partial charge in [-0.1, -0.05) is 31.1 Å². The van der Waals surface area contributed by atoms with Gasteiger partial charge in [-0.15, -0.1) is 0 Å². The maximum absolute atomic E-state index is 11.8. The maximum atomic E-state index is 11.8. The number of allylic oxidation sites excluding steroid dienone is 4. The van der Waals surface area contributed by atoms with Crippen LogP contribution in [0.1, 0.15) is 52.5 Å². The molecule has 0 saturated heterocycles. The lowest BCUT2D eigenvalue weighted by molar-refractivity contribution is -0.117. The molecule has 0 radical (unpaired) electrons. The summed E-state index contributed by atoms with van der Waals surface area (Å²) in [6, 6.07) is 4.60. The largest absolute Gasteiger partial charge is 0.508 e. The zero-order valence-corrected chi connectivity index (χ0v) is 15.1. The number of hydrogen-bond acceptors (Lipinski definition) is 3. The lowest BCUT2D eigenvalue weighted by Crippen LogP contribution is -2.31. The molecule has 0 heterocycles. The number of phenols is 2. The van der Waals surface area contributed by atoms with E-state index in [4.69, 9.17) is 0 Å². The molecule has 1 aliphatic carbocycles. The fourth-order valence-corrected chi connectivity index (χ4v) is 3.71. The van der Waals surface area contributed by atoms with E-state index in [1.807, 2.05) is 0 Å². The zero-order chi connectivity index (χ0) is 17.9. The van der Waals surface area contributed by atoms with E-state index in [2.05, 4.69) is 33.8 Å². The topological polar surface area (TPSA) is 57.5 Å². The molecule has 0 saturated carbocycles. The summed E-state index contributed by atoms with van der Waals surface area (Å²) in [5, 5.41) is 19.3. The highest BCUT2D eigenvalue weighted by Gasteiger charge is 2.35. The summed E-state index contributed by atoms with van der Waals surface area (Å²) < 4.78 is 0. The molecule has 0 aliphatic heterocycles. The summed E-state index contributed by atoms with van der Waals surface area (Å²) in [6.07, 6.45) is 7.13. The smallest absolute Gasteiger partial charge is 0.156 e. The van der Waals surface area contributed by atoms with Gasteiger partial charge < -0.3 is 10.2 Å². The van der Waals surface area contributed by atoms with Crippen molar-refractivity contribution in [2.45, 2.75) is 53.4 Å². The minimum atomic E-state index is 0.0136. The van der Waals surface area contributed by atoms with E-state index >= 15 is 0 Å². The van der Waals surface area contributed by atoms with E-state index in [1.165, 1.54) is 23.3 Å². The molecule has 1 atom stereocenters. The number of benzene rings is 1. The number of rotatable bonds is 5. The van der Waals surface area contributed by atoms with Crippen molar-refractivity contribution in [2.75, 3.05) is 0 Å². The Kier molecular flexibility index (Phi) is 5.53. The highest BCUT2D eigenvalue weighted by Crippen LogP contribution is 2.42. The van der Waals surface area contributed by atoms with Crippen LogP contribution in [0.5, 0.6) is 11.5 Å². The molecular weight excluding hydrogens is 300 g/mol. The van der Waals surface area contributed by atoms with E-state index in [-0.39, 0.29) is 22.7 Å². The number of carbonyl (C=O) groups is 1. The van der Waals surface area contributed by atoms with Gasteiger partial charge in [0.2, 0.25) is 0 Å². The first-order valence-electron chi connectivity index (χ1n) is 8.56. The molecule has 24 heavy (non-hydrogen) atoms. The van der Waals surface area contributed by atoms with Crippen LogP contribution in [-0.4, -0.2) is 16.0 Å². The fraction of sp³-hybridized carbons (Fsp3) is 0.476. The Hall–Kier alpha value is -2.03. The Bertz CT molecular complexity index is 680. The van der Waals surface area contributed by atoms with Crippen molar-refractivity contribution in [3.8, 4) is 11.5 Å². The van der Waals surface area contributed by atoms with Gasteiger partial charge in [0.05, 0.1) is 0 Å². The van der Waals surface area contributed by atoms with Crippen LogP contribution in [-0.2, 0) is 11.2 Å². The highest BCUT2D eigenvalue weighted by molar-refractivity contribution is 5.91. The third-order valence-electron chi connectivity index (χ3n) is 5.07.